The van der Waals surface area contributed by atoms with E-state index in [1.165, 1.54) is 6.42 Å². The van der Waals surface area contributed by atoms with Crippen LogP contribution in [0.15, 0.2) is 0 Å². The lowest BCUT2D eigenvalue weighted by atomic mass is 9.95. The molecule has 18 heavy (non-hydrogen) atoms. The van der Waals surface area contributed by atoms with Gasteiger partial charge in [0.05, 0.1) is 24.8 Å². The molecule has 3 heterocycles. The first kappa shape index (κ1) is 12.0. The molecule has 0 spiro atoms. The van der Waals surface area contributed by atoms with Gasteiger partial charge in [-0.3, -0.25) is 0 Å². The van der Waals surface area contributed by atoms with E-state index in [0.717, 1.165) is 31.8 Å². The van der Waals surface area contributed by atoms with E-state index < -0.39 is 0 Å². The number of nitrogens with zero attached hydrogens (tertiary/aromatic N) is 4. The van der Waals surface area contributed by atoms with Crippen LogP contribution >= 0.6 is 0 Å². The first-order chi connectivity index (χ1) is 8.74. The van der Waals surface area contributed by atoms with Gasteiger partial charge in [0.25, 0.3) is 0 Å². The SMILES string of the molecule is CC(C)CNCc1nnnn1C1CC2CCC1O2. The summed E-state index contributed by atoms with van der Waals surface area (Å²) in [7, 11) is 0. The maximum Gasteiger partial charge on any atom is 0.165 e. The van der Waals surface area contributed by atoms with Gasteiger partial charge in [0.1, 0.15) is 0 Å². The summed E-state index contributed by atoms with van der Waals surface area (Å²) in [5.41, 5.74) is 0. The zero-order valence-corrected chi connectivity index (χ0v) is 11.0. The van der Waals surface area contributed by atoms with Crippen LogP contribution in [-0.4, -0.2) is 39.0 Å². The van der Waals surface area contributed by atoms with Gasteiger partial charge in [0, 0.05) is 0 Å². The van der Waals surface area contributed by atoms with Crippen molar-refractivity contribution >= 4 is 0 Å². The van der Waals surface area contributed by atoms with Crippen LogP contribution in [0, 0.1) is 5.92 Å². The van der Waals surface area contributed by atoms with E-state index in [9.17, 15) is 0 Å². The molecule has 1 aromatic rings. The van der Waals surface area contributed by atoms with Crippen molar-refractivity contribution in [1.29, 1.82) is 0 Å². The molecule has 2 aliphatic rings. The maximum atomic E-state index is 5.87. The summed E-state index contributed by atoms with van der Waals surface area (Å²) >= 11 is 0. The third-order valence-corrected chi connectivity index (χ3v) is 3.78. The Hall–Kier alpha value is -1.01. The Morgan fingerprint density at radius 2 is 2.33 bits per heavy atom. The lowest BCUT2D eigenvalue weighted by Gasteiger charge is -2.19. The van der Waals surface area contributed by atoms with Crippen molar-refractivity contribution in [2.24, 2.45) is 5.92 Å². The molecule has 6 heteroatoms. The van der Waals surface area contributed by atoms with Crippen molar-refractivity contribution in [3.63, 3.8) is 0 Å². The fourth-order valence-corrected chi connectivity index (χ4v) is 2.93. The molecule has 0 saturated carbocycles. The monoisotopic (exact) mass is 251 g/mol. The van der Waals surface area contributed by atoms with Crippen LogP contribution in [0.5, 0.6) is 0 Å². The quantitative estimate of drug-likeness (QED) is 0.842. The average Bonchev–Trinajstić information content (AvgIpc) is 3.03. The van der Waals surface area contributed by atoms with Crippen LogP contribution in [0.2, 0.25) is 0 Å². The molecule has 0 amide bonds. The number of fused-ring (bicyclic) bond motifs is 2. The molecule has 3 unspecified atom stereocenters. The molecule has 0 aliphatic carbocycles. The minimum atomic E-state index is 0.322. The Balaban J connectivity index is 1.64. The molecule has 1 aromatic heterocycles. The number of ether oxygens (including phenoxy) is 1. The van der Waals surface area contributed by atoms with E-state index in [0.29, 0.717) is 24.2 Å². The highest BCUT2D eigenvalue weighted by molar-refractivity contribution is 4.96. The van der Waals surface area contributed by atoms with Crippen molar-refractivity contribution in [3.8, 4) is 0 Å². The summed E-state index contributed by atoms with van der Waals surface area (Å²) in [6.45, 7) is 6.11. The second-order valence-electron chi connectivity index (χ2n) is 5.74. The largest absolute Gasteiger partial charge is 0.373 e. The topological polar surface area (TPSA) is 64.9 Å². The van der Waals surface area contributed by atoms with Gasteiger partial charge in [-0.25, -0.2) is 4.68 Å². The maximum absolute atomic E-state index is 5.87. The number of hydrogen-bond acceptors (Lipinski definition) is 5. The Morgan fingerprint density at radius 3 is 3.00 bits per heavy atom. The van der Waals surface area contributed by atoms with E-state index in [1.54, 1.807) is 0 Å². The molecule has 3 rings (SSSR count). The van der Waals surface area contributed by atoms with Gasteiger partial charge in [0.15, 0.2) is 5.82 Å². The predicted molar refractivity (Wildman–Crippen MR) is 65.9 cm³/mol. The zero-order valence-electron chi connectivity index (χ0n) is 11.0. The van der Waals surface area contributed by atoms with Crippen molar-refractivity contribution in [2.75, 3.05) is 6.54 Å². The second-order valence-corrected chi connectivity index (χ2v) is 5.74. The van der Waals surface area contributed by atoms with Gasteiger partial charge in [-0.1, -0.05) is 13.8 Å². The van der Waals surface area contributed by atoms with Gasteiger partial charge in [-0.15, -0.1) is 5.10 Å². The number of hydrogen-bond donors (Lipinski definition) is 1. The van der Waals surface area contributed by atoms with Crippen LogP contribution in [-0.2, 0) is 11.3 Å². The van der Waals surface area contributed by atoms with E-state index in [-0.39, 0.29) is 0 Å². The summed E-state index contributed by atoms with van der Waals surface area (Å²) in [4.78, 5) is 0. The van der Waals surface area contributed by atoms with Crippen LogP contribution in [0.25, 0.3) is 0 Å². The zero-order chi connectivity index (χ0) is 12.5. The molecule has 2 aliphatic heterocycles. The van der Waals surface area contributed by atoms with Gasteiger partial charge >= 0.3 is 0 Å². The summed E-state index contributed by atoms with van der Waals surface area (Å²) < 4.78 is 7.84. The average molecular weight is 251 g/mol. The standard InChI is InChI=1S/C12H21N5O/c1-8(2)6-13-7-12-14-15-16-17(12)10-5-9-3-4-11(10)18-9/h8-11,13H,3-7H2,1-2H3. The Kier molecular flexibility index (Phi) is 3.30. The third kappa shape index (κ3) is 2.27. The Morgan fingerprint density at radius 1 is 1.44 bits per heavy atom. The minimum Gasteiger partial charge on any atom is -0.373 e. The lowest BCUT2D eigenvalue weighted by Crippen LogP contribution is -2.27. The van der Waals surface area contributed by atoms with E-state index in [1.807, 2.05) is 4.68 Å². The minimum absolute atomic E-state index is 0.322. The highest BCUT2D eigenvalue weighted by atomic mass is 16.5. The molecule has 6 nitrogen and oxygen atoms in total. The molecule has 100 valence electrons. The summed E-state index contributed by atoms with van der Waals surface area (Å²) in [6, 6.07) is 0.342. The number of tetrazole rings is 1. The lowest BCUT2D eigenvalue weighted by molar-refractivity contribution is 0.0914. The molecule has 0 aromatic carbocycles. The molecule has 0 radical (unpaired) electrons. The smallest absolute Gasteiger partial charge is 0.165 e. The summed E-state index contributed by atoms with van der Waals surface area (Å²) in [6.07, 6.45) is 4.16. The molecule has 2 bridgehead atoms. The molecule has 2 fully saturated rings. The van der Waals surface area contributed by atoms with E-state index in [4.69, 9.17) is 4.74 Å². The van der Waals surface area contributed by atoms with Crippen molar-refractivity contribution in [3.05, 3.63) is 5.82 Å². The van der Waals surface area contributed by atoms with Gasteiger partial charge in [-0.2, -0.15) is 0 Å². The van der Waals surface area contributed by atoms with Crippen LogP contribution in [0.4, 0.5) is 0 Å². The molecular weight excluding hydrogens is 230 g/mol. The fraction of sp³-hybridized carbons (Fsp3) is 0.917. The van der Waals surface area contributed by atoms with Crippen molar-refractivity contribution in [2.45, 2.75) is 57.9 Å². The molecular formula is C12H21N5O. The first-order valence-corrected chi connectivity index (χ1v) is 6.87. The highest BCUT2D eigenvalue weighted by Gasteiger charge is 2.43. The summed E-state index contributed by atoms with van der Waals surface area (Å²) in [5.74, 6) is 1.57. The highest BCUT2D eigenvalue weighted by Crippen LogP contribution is 2.41. The number of aromatic nitrogens is 4. The second kappa shape index (κ2) is 4.93. The van der Waals surface area contributed by atoms with Crippen molar-refractivity contribution < 1.29 is 4.74 Å². The normalized spacial score (nSPS) is 30.5. The Labute approximate surface area is 107 Å². The van der Waals surface area contributed by atoms with Gasteiger partial charge in [-0.05, 0) is 42.2 Å². The molecule has 1 N–H and O–H groups in total. The van der Waals surface area contributed by atoms with E-state index in [2.05, 4.69) is 34.7 Å². The molecule has 3 atom stereocenters. The van der Waals surface area contributed by atoms with Crippen LogP contribution < -0.4 is 5.32 Å². The van der Waals surface area contributed by atoms with Crippen molar-refractivity contribution in [1.82, 2.24) is 25.5 Å². The summed E-state index contributed by atoms with van der Waals surface area (Å²) in [5, 5.41) is 15.5. The van der Waals surface area contributed by atoms with Crippen LogP contribution in [0.3, 0.4) is 0 Å². The first-order valence-electron chi connectivity index (χ1n) is 6.87. The van der Waals surface area contributed by atoms with Gasteiger partial charge < -0.3 is 10.1 Å². The predicted octanol–water partition coefficient (Wildman–Crippen LogP) is 0.911. The number of nitrogens with one attached hydrogen (secondary N) is 1. The Bertz CT molecular complexity index is 405. The van der Waals surface area contributed by atoms with E-state index >= 15 is 0 Å². The fourth-order valence-electron chi connectivity index (χ4n) is 2.93. The molecule has 2 saturated heterocycles. The van der Waals surface area contributed by atoms with Gasteiger partial charge in [0.2, 0.25) is 0 Å². The number of rotatable bonds is 5. The van der Waals surface area contributed by atoms with Crippen LogP contribution in [0.1, 0.15) is 45.0 Å². The third-order valence-electron chi connectivity index (χ3n) is 3.78.